The van der Waals surface area contributed by atoms with E-state index in [1.54, 1.807) is 12.1 Å². The third kappa shape index (κ3) is 3.65. The number of nitrogens with zero attached hydrogens (tertiary/aromatic N) is 6. The van der Waals surface area contributed by atoms with Gasteiger partial charge in [-0.25, -0.2) is 4.98 Å². The minimum atomic E-state index is -1.27. The van der Waals surface area contributed by atoms with Gasteiger partial charge in [-0.2, -0.15) is 0 Å². The molecule has 4 rings (SSSR count). The Kier molecular flexibility index (Phi) is 5.38. The molecule has 152 valence electrons. The molecule has 0 spiro atoms. The fourth-order valence-corrected chi connectivity index (χ4v) is 3.89. The van der Waals surface area contributed by atoms with Crippen LogP contribution in [-0.2, 0) is 10.5 Å². The van der Waals surface area contributed by atoms with Crippen molar-refractivity contribution in [2.75, 3.05) is 6.61 Å². The minimum Gasteiger partial charge on any atom is -0.394 e. The number of ether oxygens (including phenoxy) is 1. The predicted molar refractivity (Wildman–Crippen MR) is 98.8 cm³/mol. The summed E-state index contributed by atoms with van der Waals surface area (Å²) in [6.07, 6.45) is -3.00. The quantitative estimate of drug-likeness (QED) is 0.279. The normalized spacial score (nSPS) is 24.2. The van der Waals surface area contributed by atoms with Gasteiger partial charge in [0.2, 0.25) is 0 Å². The van der Waals surface area contributed by atoms with Gasteiger partial charge in [-0.3, -0.25) is 14.7 Å². The van der Waals surface area contributed by atoms with Crippen molar-refractivity contribution in [3.8, 4) is 0 Å². The molecule has 3 aromatic rings. The molecular formula is C16H16N6O6S. The summed E-state index contributed by atoms with van der Waals surface area (Å²) in [5.74, 6) is 0.479. The van der Waals surface area contributed by atoms with E-state index in [1.165, 1.54) is 34.8 Å². The number of non-ortho nitro benzene ring substituents is 1. The Hall–Kier alpha value is -2.71. The van der Waals surface area contributed by atoms with Gasteiger partial charge in [-0.1, -0.05) is 23.9 Å². The first kappa shape index (κ1) is 19.6. The number of fused-ring (bicyclic) bond motifs is 1. The number of imidazole rings is 1. The molecule has 0 radical (unpaired) electrons. The number of rotatable bonds is 6. The van der Waals surface area contributed by atoms with Gasteiger partial charge in [-0.05, 0) is 10.8 Å². The summed E-state index contributed by atoms with van der Waals surface area (Å²) in [5, 5.41) is 52.3. The van der Waals surface area contributed by atoms with Gasteiger partial charge >= 0.3 is 0 Å². The zero-order valence-corrected chi connectivity index (χ0v) is 15.6. The zero-order chi connectivity index (χ0) is 20.5. The van der Waals surface area contributed by atoms with Crippen molar-refractivity contribution in [3.05, 3.63) is 46.3 Å². The smallest absolute Gasteiger partial charge is 0.269 e. The van der Waals surface area contributed by atoms with E-state index < -0.39 is 36.1 Å². The van der Waals surface area contributed by atoms with Crippen LogP contribution in [0, 0.1) is 10.1 Å². The van der Waals surface area contributed by atoms with E-state index in [0.29, 0.717) is 21.9 Å². The highest BCUT2D eigenvalue weighted by Gasteiger charge is 2.44. The molecule has 0 unspecified atom stereocenters. The molecule has 0 amide bonds. The minimum absolute atomic E-state index is 0.0158. The number of aliphatic hydroxyl groups excluding tert-OH is 3. The molecule has 13 heteroatoms. The van der Waals surface area contributed by atoms with E-state index in [1.807, 2.05) is 0 Å². The second kappa shape index (κ2) is 7.96. The van der Waals surface area contributed by atoms with Gasteiger partial charge in [0.1, 0.15) is 23.8 Å². The van der Waals surface area contributed by atoms with Crippen LogP contribution >= 0.6 is 11.8 Å². The summed E-state index contributed by atoms with van der Waals surface area (Å²) in [6.45, 7) is -0.440. The number of nitro groups is 1. The summed E-state index contributed by atoms with van der Waals surface area (Å²) in [6, 6.07) is 6.18. The third-order valence-corrected chi connectivity index (χ3v) is 5.59. The Morgan fingerprint density at radius 2 is 1.97 bits per heavy atom. The number of thioether (sulfide) groups is 1. The summed E-state index contributed by atoms with van der Waals surface area (Å²) >= 11 is 1.33. The van der Waals surface area contributed by atoms with Crippen LogP contribution in [-0.4, -0.2) is 70.1 Å². The molecule has 12 nitrogen and oxygen atoms in total. The molecule has 1 aliphatic heterocycles. The fraction of sp³-hybridized carbons (Fsp3) is 0.375. The van der Waals surface area contributed by atoms with Gasteiger partial charge in [0.25, 0.3) is 5.69 Å². The number of hydrogen-bond donors (Lipinski definition) is 3. The summed E-state index contributed by atoms with van der Waals surface area (Å²) in [4.78, 5) is 14.6. The molecule has 0 aliphatic carbocycles. The molecule has 1 saturated heterocycles. The predicted octanol–water partition coefficient (Wildman–Crippen LogP) is 0.0333. The van der Waals surface area contributed by atoms with E-state index in [-0.39, 0.29) is 5.69 Å². The Balaban J connectivity index is 1.55. The number of hydrogen-bond acceptors (Lipinski definition) is 11. The maximum absolute atomic E-state index is 10.7. The van der Waals surface area contributed by atoms with E-state index in [9.17, 15) is 25.4 Å². The van der Waals surface area contributed by atoms with Crippen LogP contribution in [0.3, 0.4) is 0 Å². The Morgan fingerprint density at radius 1 is 1.21 bits per heavy atom. The average Bonchev–Trinajstić information content (AvgIpc) is 3.28. The molecule has 3 heterocycles. The van der Waals surface area contributed by atoms with Crippen molar-refractivity contribution in [3.63, 3.8) is 0 Å². The van der Waals surface area contributed by atoms with E-state index >= 15 is 0 Å². The molecular weight excluding hydrogens is 404 g/mol. The summed E-state index contributed by atoms with van der Waals surface area (Å²) < 4.78 is 6.94. The maximum Gasteiger partial charge on any atom is 0.269 e. The van der Waals surface area contributed by atoms with Gasteiger partial charge in [-0.15, -0.1) is 10.2 Å². The SMILES string of the molecule is O=[N+]([O-])c1ccc(CSc2nnnc3c2ncn3[C@@H]2O[C@H](CO)[C@@H](O)[C@H]2O)cc1. The highest BCUT2D eigenvalue weighted by Crippen LogP contribution is 2.33. The lowest BCUT2D eigenvalue weighted by molar-refractivity contribution is -0.384. The molecule has 1 aromatic carbocycles. The Labute approximate surface area is 167 Å². The molecule has 1 fully saturated rings. The van der Waals surface area contributed by atoms with Gasteiger partial charge in [0.15, 0.2) is 16.9 Å². The van der Waals surface area contributed by atoms with Crippen LogP contribution < -0.4 is 0 Å². The molecule has 0 bridgehead atoms. The first-order chi connectivity index (χ1) is 14.0. The first-order valence-electron chi connectivity index (χ1n) is 8.54. The van der Waals surface area contributed by atoms with Gasteiger partial charge < -0.3 is 20.1 Å². The van der Waals surface area contributed by atoms with Gasteiger partial charge in [0, 0.05) is 17.9 Å². The lowest BCUT2D eigenvalue weighted by Crippen LogP contribution is -2.33. The van der Waals surface area contributed by atoms with Crippen LogP contribution in [0.1, 0.15) is 11.8 Å². The molecule has 0 saturated carbocycles. The third-order valence-electron chi connectivity index (χ3n) is 4.56. The highest BCUT2D eigenvalue weighted by molar-refractivity contribution is 7.98. The molecule has 2 aromatic heterocycles. The van der Waals surface area contributed by atoms with Crippen molar-refractivity contribution in [2.45, 2.75) is 35.3 Å². The Morgan fingerprint density at radius 3 is 2.62 bits per heavy atom. The topological polar surface area (TPSA) is 170 Å². The lowest BCUT2D eigenvalue weighted by atomic mass is 10.1. The van der Waals surface area contributed by atoms with Crippen molar-refractivity contribution >= 4 is 28.6 Å². The monoisotopic (exact) mass is 420 g/mol. The second-order valence-electron chi connectivity index (χ2n) is 6.36. The number of aliphatic hydroxyl groups is 3. The first-order valence-corrected chi connectivity index (χ1v) is 9.52. The maximum atomic E-state index is 10.7. The van der Waals surface area contributed by atoms with E-state index in [4.69, 9.17) is 4.74 Å². The number of aromatic nitrogens is 5. The second-order valence-corrected chi connectivity index (χ2v) is 7.32. The summed E-state index contributed by atoms with van der Waals surface area (Å²) in [5.41, 5.74) is 1.61. The largest absolute Gasteiger partial charge is 0.394 e. The van der Waals surface area contributed by atoms with Crippen molar-refractivity contribution < 1.29 is 25.0 Å². The summed E-state index contributed by atoms with van der Waals surface area (Å²) in [7, 11) is 0. The van der Waals surface area contributed by atoms with Crippen LogP contribution in [0.25, 0.3) is 11.2 Å². The lowest BCUT2D eigenvalue weighted by Gasteiger charge is -2.16. The zero-order valence-electron chi connectivity index (χ0n) is 14.8. The average molecular weight is 420 g/mol. The van der Waals surface area contributed by atoms with Gasteiger partial charge in [0.05, 0.1) is 17.9 Å². The molecule has 29 heavy (non-hydrogen) atoms. The highest BCUT2D eigenvalue weighted by atomic mass is 32.2. The van der Waals surface area contributed by atoms with E-state index in [0.717, 1.165) is 5.56 Å². The number of nitro benzene ring substituents is 1. The molecule has 4 atom stereocenters. The van der Waals surface area contributed by atoms with Crippen LogP contribution in [0.4, 0.5) is 5.69 Å². The Bertz CT molecular complexity index is 1030. The van der Waals surface area contributed by atoms with Crippen molar-refractivity contribution in [1.29, 1.82) is 0 Å². The van der Waals surface area contributed by atoms with Crippen LogP contribution in [0.5, 0.6) is 0 Å². The van der Waals surface area contributed by atoms with E-state index in [2.05, 4.69) is 20.4 Å². The number of benzene rings is 1. The van der Waals surface area contributed by atoms with Crippen LogP contribution in [0.15, 0.2) is 35.6 Å². The van der Waals surface area contributed by atoms with Crippen molar-refractivity contribution in [1.82, 2.24) is 25.0 Å². The molecule has 3 N–H and O–H groups in total. The molecule has 1 aliphatic rings. The van der Waals surface area contributed by atoms with Crippen molar-refractivity contribution in [2.24, 2.45) is 0 Å². The standard InChI is InChI=1S/C16H16N6O6S/c23-5-10-12(24)13(25)16(28-10)21-7-17-11-14(21)18-20-19-15(11)29-6-8-1-3-9(4-2-8)22(26)27/h1-4,7,10,12-13,16,23-25H,5-6H2/t10-,12-,13-,16-/m1/s1. The van der Waals surface area contributed by atoms with Crippen LogP contribution in [0.2, 0.25) is 0 Å². The fourth-order valence-electron chi connectivity index (χ4n) is 3.02.